The number of carbonyl (C=O) groups is 2. The smallest absolute Gasteiger partial charge is 0.312 e. The molecule has 0 saturated heterocycles. The van der Waals surface area contributed by atoms with Crippen molar-refractivity contribution in [3.63, 3.8) is 0 Å². The first kappa shape index (κ1) is 16.2. The van der Waals surface area contributed by atoms with E-state index in [-0.39, 0.29) is 18.0 Å². The number of aliphatic carboxylic acids is 1. The van der Waals surface area contributed by atoms with Crippen molar-refractivity contribution in [3.8, 4) is 0 Å². The molecule has 0 fully saturated rings. The van der Waals surface area contributed by atoms with E-state index in [9.17, 15) is 14.7 Å². The first-order chi connectivity index (χ1) is 11.3. The van der Waals surface area contributed by atoms with Crippen LogP contribution >= 0.6 is 0 Å². The first-order valence-corrected chi connectivity index (χ1v) is 7.92. The summed E-state index contributed by atoms with van der Waals surface area (Å²) in [5, 5.41) is 13.8. The van der Waals surface area contributed by atoms with E-state index >= 15 is 0 Å². The summed E-state index contributed by atoms with van der Waals surface area (Å²) in [6.07, 6.45) is 3.27. The van der Waals surface area contributed by atoms with Crippen molar-refractivity contribution in [2.75, 3.05) is 6.54 Å². The van der Waals surface area contributed by atoms with Gasteiger partial charge in [-0.3, -0.25) is 14.3 Å². The second-order valence-electron chi connectivity index (χ2n) is 7.12. The van der Waals surface area contributed by atoms with Gasteiger partial charge in [0.15, 0.2) is 0 Å². The zero-order chi connectivity index (χ0) is 17.5. The molecule has 2 heterocycles. The van der Waals surface area contributed by atoms with E-state index in [1.54, 1.807) is 22.0 Å². The van der Waals surface area contributed by atoms with E-state index in [0.29, 0.717) is 12.1 Å². The van der Waals surface area contributed by atoms with Gasteiger partial charge in [0.1, 0.15) is 0 Å². The van der Waals surface area contributed by atoms with Crippen molar-refractivity contribution < 1.29 is 14.7 Å². The second-order valence-corrected chi connectivity index (χ2v) is 7.12. The Morgan fingerprint density at radius 1 is 1.25 bits per heavy atom. The highest BCUT2D eigenvalue weighted by atomic mass is 16.4. The number of hydrogen-bond donors (Lipinski definition) is 1. The molecule has 1 atom stereocenters. The molecule has 6 heteroatoms. The number of amides is 1. The summed E-state index contributed by atoms with van der Waals surface area (Å²) in [6, 6.07) is 7.40. The van der Waals surface area contributed by atoms with Crippen LogP contribution in [0.25, 0.3) is 0 Å². The van der Waals surface area contributed by atoms with Gasteiger partial charge in [-0.25, -0.2) is 0 Å². The Bertz CT molecular complexity index is 789. The van der Waals surface area contributed by atoms with Crippen LogP contribution < -0.4 is 0 Å². The Hall–Kier alpha value is -2.63. The molecule has 1 aromatic carbocycles. The number of rotatable bonds is 2. The SMILES string of the molecule is CC(C)(C)n1cc(C(=O)N2Cc3ccccc3C(C(=O)O)C2)cn1. The molecule has 1 unspecified atom stereocenters. The minimum Gasteiger partial charge on any atom is -0.481 e. The highest BCUT2D eigenvalue weighted by Gasteiger charge is 2.33. The number of benzene rings is 1. The van der Waals surface area contributed by atoms with Gasteiger partial charge in [-0.2, -0.15) is 5.10 Å². The molecule has 2 aromatic rings. The third kappa shape index (κ3) is 2.91. The van der Waals surface area contributed by atoms with Gasteiger partial charge in [-0.15, -0.1) is 0 Å². The van der Waals surface area contributed by atoms with Crippen molar-refractivity contribution in [2.45, 2.75) is 38.8 Å². The fourth-order valence-corrected chi connectivity index (χ4v) is 2.96. The average Bonchev–Trinajstić information content (AvgIpc) is 3.03. The molecule has 3 rings (SSSR count). The fourth-order valence-electron chi connectivity index (χ4n) is 2.96. The Labute approximate surface area is 140 Å². The lowest BCUT2D eigenvalue weighted by molar-refractivity contribution is -0.139. The second kappa shape index (κ2) is 5.78. The Balaban J connectivity index is 1.89. The maximum atomic E-state index is 12.8. The summed E-state index contributed by atoms with van der Waals surface area (Å²) in [7, 11) is 0. The first-order valence-electron chi connectivity index (χ1n) is 7.92. The van der Waals surface area contributed by atoms with Crippen LogP contribution in [0.3, 0.4) is 0 Å². The lowest BCUT2D eigenvalue weighted by atomic mass is 9.89. The average molecular weight is 327 g/mol. The summed E-state index contributed by atoms with van der Waals surface area (Å²) < 4.78 is 1.74. The molecule has 1 aromatic heterocycles. The number of fused-ring (bicyclic) bond motifs is 1. The Kier molecular flexibility index (Phi) is 3.91. The molecule has 0 aliphatic carbocycles. The zero-order valence-electron chi connectivity index (χ0n) is 14.1. The minimum atomic E-state index is -0.912. The van der Waals surface area contributed by atoms with Crippen molar-refractivity contribution >= 4 is 11.9 Å². The number of aromatic nitrogens is 2. The monoisotopic (exact) mass is 327 g/mol. The molecule has 1 N–H and O–H groups in total. The van der Waals surface area contributed by atoms with E-state index in [1.807, 2.05) is 45.0 Å². The van der Waals surface area contributed by atoms with Gasteiger partial charge < -0.3 is 10.0 Å². The topological polar surface area (TPSA) is 75.4 Å². The molecule has 0 bridgehead atoms. The maximum absolute atomic E-state index is 12.8. The number of nitrogens with zero attached hydrogens (tertiary/aromatic N) is 3. The summed E-state index contributed by atoms with van der Waals surface area (Å²) in [4.78, 5) is 26.0. The van der Waals surface area contributed by atoms with Crippen molar-refractivity contribution in [1.29, 1.82) is 0 Å². The van der Waals surface area contributed by atoms with Gasteiger partial charge >= 0.3 is 5.97 Å². The predicted molar refractivity (Wildman–Crippen MR) is 88.8 cm³/mol. The largest absolute Gasteiger partial charge is 0.481 e. The quantitative estimate of drug-likeness (QED) is 0.919. The van der Waals surface area contributed by atoms with Crippen LogP contribution in [-0.4, -0.2) is 38.2 Å². The predicted octanol–water partition coefficient (Wildman–Crippen LogP) is 2.46. The van der Waals surface area contributed by atoms with Crippen LogP contribution in [0.2, 0.25) is 0 Å². The number of hydrogen-bond acceptors (Lipinski definition) is 3. The van der Waals surface area contributed by atoms with Gasteiger partial charge in [0.05, 0.1) is 23.2 Å². The van der Waals surface area contributed by atoms with Gasteiger partial charge in [0, 0.05) is 19.3 Å². The van der Waals surface area contributed by atoms with Crippen molar-refractivity contribution in [3.05, 3.63) is 53.3 Å². The highest BCUT2D eigenvalue weighted by molar-refractivity contribution is 5.94. The van der Waals surface area contributed by atoms with E-state index < -0.39 is 11.9 Å². The minimum absolute atomic E-state index is 0.172. The molecule has 0 radical (unpaired) electrons. The van der Waals surface area contributed by atoms with E-state index in [0.717, 1.165) is 11.1 Å². The molecule has 1 aliphatic rings. The molecule has 126 valence electrons. The summed E-state index contributed by atoms with van der Waals surface area (Å²) in [5.41, 5.74) is 1.94. The van der Waals surface area contributed by atoms with Crippen LogP contribution in [0, 0.1) is 0 Å². The number of carboxylic acid groups (broad SMARTS) is 1. The molecule has 6 nitrogen and oxygen atoms in total. The Morgan fingerprint density at radius 3 is 2.58 bits per heavy atom. The van der Waals surface area contributed by atoms with Gasteiger partial charge in [-0.1, -0.05) is 24.3 Å². The van der Waals surface area contributed by atoms with E-state index in [4.69, 9.17) is 0 Å². The lowest BCUT2D eigenvalue weighted by Crippen LogP contribution is -2.40. The third-order valence-corrected chi connectivity index (χ3v) is 4.30. The molecule has 24 heavy (non-hydrogen) atoms. The third-order valence-electron chi connectivity index (χ3n) is 4.30. The van der Waals surface area contributed by atoms with E-state index in [2.05, 4.69) is 5.10 Å². The van der Waals surface area contributed by atoms with Gasteiger partial charge in [0.25, 0.3) is 5.91 Å². The van der Waals surface area contributed by atoms with Crippen molar-refractivity contribution in [1.82, 2.24) is 14.7 Å². The fraction of sp³-hybridized carbons (Fsp3) is 0.389. The summed E-state index contributed by atoms with van der Waals surface area (Å²) in [6.45, 7) is 6.61. The molecule has 1 aliphatic heterocycles. The van der Waals surface area contributed by atoms with E-state index in [1.165, 1.54) is 0 Å². The maximum Gasteiger partial charge on any atom is 0.312 e. The summed E-state index contributed by atoms with van der Waals surface area (Å²) in [5.74, 6) is -1.80. The van der Waals surface area contributed by atoms with Gasteiger partial charge in [0.2, 0.25) is 0 Å². The molecular weight excluding hydrogens is 306 g/mol. The van der Waals surface area contributed by atoms with Crippen molar-refractivity contribution in [2.24, 2.45) is 0 Å². The number of carboxylic acids is 1. The molecular formula is C18H21N3O3. The van der Waals surface area contributed by atoms with Crippen LogP contribution in [0.1, 0.15) is 48.2 Å². The lowest BCUT2D eigenvalue weighted by Gasteiger charge is -2.32. The zero-order valence-corrected chi connectivity index (χ0v) is 14.1. The molecule has 1 amide bonds. The highest BCUT2D eigenvalue weighted by Crippen LogP contribution is 2.29. The number of carbonyl (C=O) groups excluding carboxylic acids is 1. The standard InChI is InChI=1S/C18H21N3O3/c1-18(2,3)21-10-13(8-19-21)16(22)20-9-12-6-4-5-7-14(12)15(11-20)17(23)24/h4-8,10,15H,9,11H2,1-3H3,(H,23,24). The molecule has 0 spiro atoms. The van der Waals surface area contributed by atoms with Crippen LogP contribution in [0.15, 0.2) is 36.7 Å². The normalized spacial score (nSPS) is 17.5. The van der Waals surface area contributed by atoms with Crippen LogP contribution in [0.4, 0.5) is 0 Å². The Morgan fingerprint density at radius 2 is 1.96 bits per heavy atom. The summed E-state index contributed by atoms with van der Waals surface area (Å²) >= 11 is 0. The van der Waals surface area contributed by atoms with Crippen LogP contribution in [-0.2, 0) is 16.9 Å². The molecule has 0 saturated carbocycles. The van der Waals surface area contributed by atoms with Crippen LogP contribution in [0.5, 0.6) is 0 Å². The van der Waals surface area contributed by atoms with Gasteiger partial charge in [-0.05, 0) is 31.9 Å².